The Hall–Kier alpha value is -3.67. The molecule has 0 N–H and O–H groups in total. The quantitative estimate of drug-likeness (QED) is 0.411. The zero-order valence-corrected chi connectivity index (χ0v) is 21.4. The first-order valence-corrected chi connectivity index (χ1v) is 13.0. The van der Waals surface area contributed by atoms with Crippen LogP contribution in [0.3, 0.4) is 0 Å². The largest absolute Gasteiger partial charge is 0.497 e. The number of hydrogen-bond donors (Lipinski definition) is 0. The van der Waals surface area contributed by atoms with Crippen molar-refractivity contribution >= 4 is 11.8 Å². The first-order valence-electron chi connectivity index (χ1n) is 13.0. The predicted octanol–water partition coefficient (Wildman–Crippen LogP) is 6.11. The fourth-order valence-electron chi connectivity index (χ4n) is 5.86. The summed E-state index contributed by atoms with van der Waals surface area (Å²) in [6.45, 7) is 0.265. The van der Waals surface area contributed by atoms with E-state index in [9.17, 15) is 14.0 Å². The molecule has 2 aliphatic rings. The number of nitrogens with zero attached hydrogens (tertiary/aromatic N) is 2. The second-order valence-corrected chi connectivity index (χ2v) is 10.1. The third kappa shape index (κ3) is 4.97. The van der Waals surface area contributed by atoms with Crippen LogP contribution in [-0.4, -0.2) is 41.8 Å². The van der Waals surface area contributed by atoms with Gasteiger partial charge < -0.3 is 14.5 Å². The monoisotopic (exact) mass is 500 g/mol. The van der Waals surface area contributed by atoms with Gasteiger partial charge in [-0.1, -0.05) is 61.7 Å². The number of halogens is 1. The maximum absolute atomic E-state index is 14.3. The van der Waals surface area contributed by atoms with E-state index in [0.717, 1.165) is 42.4 Å². The second kappa shape index (κ2) is 10.8. The summed E-state index contributed by atoms with van der Waals surface area (Å²) in [6, 6.07) is 20.9. The lowest BCUT2D eigenvalue weighted by Gasteiger charge is -2.44. The van der Waals surface area contributed by atoms with Crippen molar-refractivity contribution in [3.05, 3.63) is 101 Å². The molecule has 0 radical (unpaired) electrons. The van der Waals surface area contributed by atoms with Gasteiger partial charge in [0, 0.05) is 25.2 Å². The van der Waals surface area contributed by atoms with Gasteiger partial charge in [0.1, 0.15) is 11.6 Å². The van der Waals surface area contributed by atoms with Gasteiger partial charge in [0.25, 0.3) is 5.91 Å². The number of rotatable bonds is 6. The van der Waals surface area contributed by atoms with Gasteiger partial charge in [-0.15, -0.1) is 0 Å². The number of fused-ring (bicyclic) bond motifs is 1. The van der Waals surface area contributed by atoms with Gasteiger partial charge in [0.2, 0.25) is 5.91 Å². The highest BCUT2D eigenvalue weighted by Gasteiger charge is 2.45. The zero-order valence-electron chi connectivity index (χ0n) is 21.4. The summed E-state index contributed by atoms with van der Waals surface area (Å²) in [7, 11) is 3.52. The third-order valence-electron chi connectivity index (χ3n) is 7.90. The van der Waals surface area contributed by atoms with Gasteiger partial charge in [-0.3, -0.25) is 9.59 Å². The topological polar surface area (TPSA) is 49.9 Å². The molecule has 1 heterocycles. The zero-order chi connectivity index (χ0) is 25.9. The minimum atomic E-state index is -0.560. The van der Waals surface area contributed by atoms with Crippen LogP contribution in [0.2, 0.25) is 0 Å². The van der Waals surface area contributed by atoms with Crippen molar-refractivity contribution in [2.45, 2.75) is 56.7 Å². The Labute approximate surface area is 217 Å². The Bertz CT molecular complexity index is 1250. The number of likely N-dealkylation sites (N-methyl/N-ethyl adjacent to an activating group) is 1. The number of benzene rings is 3. The van der Waals surface area contributed by atoms with Crippen LogP contribution in [0.5, 0.6) is 5.75 Å². The average molecular weight is 501 g/mol. The summed E-state index contributed by atoms with van der Waals surface area (Å²) in [5.41, 5.74) is 2.97. The van der Waals surface area contributed by atoms with Crippen molar-refractivity contribution in [1.82, 2.24) is 9.80 Å². The van der Waals surface area contributed by atoms with Crippen LogP contribution in [0, 0.1) is 5.82 Å². The summed E-state index contributed by atoms with van der Waals surface area (Å²) >= 11 is 0. The van der Waals surface area contributed by atoms with E-state index >= 15 is 0 Å². The minimum absolute atomic E-state index is 0.0248. The Morgan fingerprint density at radius 2 is 1.65 bits per heavy atom. The molecule has 5 nitrogen and oxygen atoms in total. The molecule has 3 aromatic rings. The molecule has 0 unspecified atom stereocenters. The molecule has 1 fully saturated rings. The van der Waals surface area contributed by atoms with Crippen LogP contribution in [0.1, 0.15) is 71.1 Å². The number of hydrogen-bond acceptors (Lipinski definition) is 3. The molecule has 5 rings (SSSR count). The second-order valence-electron chi connectivity index (χ2n) is 10.1. The molecule has 0 aromatic heterocycles. The van der Waals surface area contributed by atoms with Gasteiger partial charge in [-0.05, 0) is 59.9 Å². The van der Waals surface area contributed by atoms with E-state index in [1.807, 2.05) is 54.4 Å². The van der Waals surface area contributed by atoms with Gasteiger partial charge in [-0.2, -0.15) is 0 Å². The predicted molar refractivity (Wildman–Crippen MR) is 141 cm³/mol. The smallest absolute Gasteiger partial charge is 0.255 e. The van der Waals surface area contributed by atoms with Crippen molar-refractivity contribution in [1.29, 1.82) is 0 Å². The molecule has 192 valence electrons. The number of methoxy groups -OCH3 is 1. The molecule has 0 spiro atoms. The van der Waals surface area contributed by atoms with E-state index in [1.54, 1.807) is 30.2 Å². The summed E-state index contributed by atoms with van der Waals surface area (Å²) in [5.74, 6) is -0.289. The molecule has 0 saturated heterocycles. The summed E-state index contributed by atoms with van der Waals surface area (Å²) in [5, 5.41) is 0. The van der Waals surface area contributed by atoms with Crippen LogP contribution in [0.25, 0.3) is 0 Å². The van der Waals surface area contributed by atoms with E-state index in [1.165, 1.54) is 18.6 Å². The first-order chi connectivity index (χ1) is 18.0. The van der Waals surface area contributed by atoms with Crippen molar-refractivity contribution in [2.75, 3.05) is 14.2 Å². The highest BCUT2D eigenvalue weighted by atomic mass is 19.1. The van der Waals surface area contributed by atoms with E-state index in [2.05, 4.69) is 0 Å². The Morgan fingerprint density at radius 1 is 0.973 bits per heavy atom. The van der Waals surface area contributed by atoms with E-state index < -0.39 is 12.0 Å². The standard InChI is InChI=1S/C31H33FN2O3/c1-33(24-8-4-3-5-9-24)31(36)28-26-10-6-7-11-27(26)30(35)34(20-21-12-16-23(32)17-13-21)29(28)22-14-18-25(37-2)19-15-22/h6-7,10-19,24,28-29H,3-5,8-9,20H2,1-2H3/t28-,29-/m0/s1. The van der Waals surface area contributed by atoms with Crippen LogP contribution >= 0.6 is 0 Å². The highest BCUT2D eigenvalue weighted by molar-refractivity contribution is 6.01. The summed E-state index contributed by atoms with van der Waals surface area (Å²) in [6.07, 6.45) is 5.46. The van der Waals surface area contributed by atoms with Crippen LogP contribution in [0.15, 0.2) is 72.8 Å². The molecular weight excluding hydrogens is 467 g/mol. The summed E-state index contributed by atoms with van der Waals surface area (Å²) < 4.78 is 19.0. The number of carbonyl (C=O) groups excluding carboxylic acids is 2. The molecule has 1 aliphatic carbocycles. The molecule has 0 bridgehead atoms. The Balaban J connectivity index is 1.62. The molecule has 2 atom stereocenters. The van der Waals surface area contributed by atoms with Crippen molar-refractivity contribution in [3.63, 3.8) is 0 Å². The SMILES string of the molecule is COc1ccc([C@H]2[C@@H](C(=O)N(C)C3CCCCC3)c3ccccc3C(=O)N2Cc2ccc(F)cc2)cc1. The lowest BCUT2D eigenvalue weighted by atomic mass is 9.78. The Morgan fingerprint density at radius 3 is 2.32 bits per heavy atom. The molecule has 1 aliphatic heterocycles. The molecule has 2 amide bonds. The normalized spacial score (nSPS) is 19.9. The fourth-order valence-corrected chi connectivity index (χ4v) is 5.86. The van der Waals surface area contributed by atoms with E-state index in [4.69, 9.17) is 4.74 Å². The van der Waals surface area contributed by atoms with Crippen molar-refractivity contribution < 1.29 is 18.7 Å². The van der Waals surface area contributed by atoms with Crippen LogP contribution in [0.4, 0.5) is 4.39 Å². The molecule has 3 aromatic carbocycles. The minimum Gasteiger partial charge on any atom is -0.497 e. The fraction of sp³-hybridized carbons (Fsp3) is 0.355. The molecule has 6 heteroatoms. The van der Waals surface area contributed by atoms with Gasteiger partial charge in [0.05, 0.1) is 19.1 Å². The van der Waals surface area contributed by atoms with Crippen LogP contribution < -0.4 is 4.74 Å². The third-order valence-corrected chi connectivity index (χ3v) is 7.90. The van der Waals surface area contributed by atoms with Gasteiger partial charge >= 0.3 is 0 Å². The van der Waals surface area contributed by atoms with Gasteiger partial charge in [-0.25, -0.2) is 4.39 Å². The molecule has 37 heavy (non-hydrogen) atoms. The van der Waals surface area contributed by atoms with Crippen molar-refractivity contribution in [2.24, 2.45) is 0 Å². The average Bonchev–Trinajstić information content (AvgIpc) is 2.95. The van der Waals surface area contributed by atoms with Crippen LogP contribution in [-0.2, 0) is 11.3 Å². The maximum atomic E-state index is 14.3. The van der Waals surface area contributed by atoms with Gasteiger partial charge in [0.15, 0.2) is 0 Å². The highest BCUT2D eigenvalue weighted by Crippen LogP contribution is 2.45. The lowest BCUT2D eigenvalue weighted by molar-refractivity contribution is -0.136. The maximum Gasteiger partial charge on any atom is 0.255 e. The number of ether oxygens (including phenoxy) is 1. The number of carbonyl (C=O) groups is 2. The molecule has 1 saturated carbocycles. The van der Waals surface area contributed by atoms with E-state index in [0.29, 0.717) is 11.3 Å². The van der Waals surface area contributed by atoms with Crippen molar-refractivity contribution in [3.8, 4) is 5.75 Å². The lowest BCUT2D eigenvalue weighted by Crippen LogP contribution is -2.49. The number of amides is 2. The Kier molecular flexibility index (Phi) is 7.26. The van der Waals surface area contributed by atoms with E-state index in [-0.39, 0.29) is 30.2 Å². The molecular formula is C31H33FN2O3. The summed E-state index contributed by atoms with van der Waals surface area (Å²) in [4.78, 5) is 32.0. The first kappa shape index (κ1) is 25.0.